The lowest BCUT2D eigenvalue weighted by molar-refractivity contribution is -0.138. The molecule has 0 aliphatic carbocycles. The predicted octanol–water partition coefficient (Wildman–Crippen LogP) is 3.06. The molecule has 1 atom stereocenters. The Hall–Kier alpha value is -2.34. The lowest BCUT2D eigenvalue weighted by Gasteiger charge is -2.18. The lowest BCUT2D eigenvalue weighted by atomic mass is 10.1. The summed E-state index contributed by atoms with van der Waals surface area (Å²) in [5.41, 5.74) is 0.238. The van der Waals surface area contributed by atoms with Gasteiger partial charge in [0, 0.05) is 0 Å². The maximum absolute atomic E-state index is 12.6. The van der Waals surface area contributed by atoms with Gasteiger partial charge in [-0.05, 0) is 30.6 Å². The van der Waals surface area contributed by atoms with Crippen molar-refractivity contribution in [3.63, 3.8) is 0 Å². The van der Waals surface area contributed by atoms with Crippen LogP contribution in [-0.4, -0.2) is 47.2 Å². The van der Waals surface area contributed by atoms with Crippen LogP contribution in [0.1, 0.15) is 21.8 Å². The monoisotopic (exact) mass is 434 g/mol. The minimum atomic E-state index is -4.64. The second-order valence-corrected chi connectivity index (χ2v) is 7.37. The van der Waals surface area contributed by atoms with Crippen molar-refractivity contribution < 1.29 is 27.5 Å². The molecule has 2 N–H and O–H groups in total. The standard InChI is InChI=1S/C16H17F3N4O3S2/c1-26-11-6-4-3-5-9(11)12(24)20-10(7-8-27-2)13(25)21-15-23-22-14(28-15)16(17,18)19/h3-6,10H,7-8H2,1-2H3,(H,20,24)(H,21,23,25)/t10-/m1/s1. The number of thioether (sulfide) groups is 1. The molecule has 1 aromatic carbocycles. The van der Waals surface area contributed by atoms with Crippen molar-refractivity contribution in [2.75, 3.05) is 24.4 Å². The van der Waals surface area contributed by atoms with Gasteiger partial charge in [0.2, 0.25) is 16.0 Å². The van der Waals surface area contributed by atoms with Crippen molar-refractivity contribution >= 4 is 40.0 Å². The van der Waals surface area contributed by atoms with Crippen molar-refractivity contribution in [1.29, 1.82) is 0 Å². The van der Waals surface area contributed by atoms with Crippen LogP contribution in [0.3, 0.4) is 0 Å². The fourth-order valence-electron chi connectivity index (χ4n) is 2.15. The van der Waals surface area contributed by atoms with Crippen LogP contribution >= 0.6 is 23.1 Å². The number of aromatic nitrogens is 2. The molecule has 152 valence electrons. The van der Waals surface area contributed by atoms with Crippen LogP contribution in [0.25, 0.3) is 0 Å². The summed E-state index contributed by atoms with van der Waals surface area (Å²) >= 11 is 1.68. The topological polar surface area (TPSA) is 93.2 Å². The van der Waals surface area contributed by atoms with Gasteiger partial charge in [0.15, 0.2) is 0 Å². The summed E-state index contributed by atoms with van der Waals surface area (Å²) in [4.78, 5) is 25.0. The molecule has 1 heterocycles. The molecule has 0 spiro atoms. The van der Waals surface area contributed by atoms with Gasteiger partial charge in [-0.1, -0.05) is 23.5 Å². The van der Waals surface area contributed by atoms with E-state index in [-0.39, 0.29) is 28.5 Å². The normalized spacial score (nSPS) is 12.3. The summed E-state index contributed by atoms with van der Waals surface area (Å²) in [7, 11) is 1.41. The van der Waals surface area contributed by atoms with Crippen molar-refractivity contribution in [2.45, 2.75) is 18.6 Å². The van der Waals surface area contributed by atoms with Gasteiger partial charge in [0.05, 0.1) is 12.7 Å². The molecule has 0 aliphatic rings. The van der Waals surface area contributed by atoms with Crippen molar-refractivity contribution in [1.82, 2.24) is 15.5 Å². The highest BCUT2D eigenvalue weighted by atomic mass is 32.2. The van der Waals surface area contributed by atoms with Crippen LogP contribution < -0.4 is 15.4 Å². The number of nitrogens with one attached hydrogen (secondary N) is 2. The Kier molecular flexibility index (Phi) is 7.63. The van der Waals surface area contributed by atoms with Gasteiger partial charge in [-0.25, -0.2) is 0 Å². The molecule has 0 aliphatic heterocycles. The summed E-state index contributed by atoms with van der Waals surface area (Å²) in [6.07, 6.45) is -2.53. The number of methoxy groups -OCH3 is 1. The van der Waals surface area contributed by atoms with Crippen LogP contribution in [0.15, 0.2) is 24.3 Å². The number of benzene rings is 1. The highest BCUT2D eigenvalue weighted by Crippen LogP contribution is 2.33. The van der Waals surface area contributed by atoms with Crippen molar-refractivity contribution in [3.05, 3.63) is 34.8 Å². The van der Waals surface area contributed by atoms with Crippen LogP contribution in [-0.2, 0) is 11.0 Å². The van der Waals surface area contributed by atoms with E-state index >= 15 is 0 Å². The maximum Gasteiger partial charge on any atom is 0.445 e. The average molecular weight is 434 g/mol. The molecule has 0 unspecified atom stereocenters. The number of ether oxygens (including phenoxy) is 1. The first-order valence-corrected chi connectivity index (χ1v) is 10.1. The quantitative estimate of drug-likeness (QED) is 0.663. The molecule has 0 radical (unpaired) electrons. The van der Waals surface area contributed by atoms with E-state index in [1.165, 1.54) is 24.9 Å². The third-order valence-electron chi connectivity index (χ3n) is 3.48. The van der Waals surface area contributed by atoms with Crippen LogP contribution in [0.5, 0.6) is 5.75 Å². The van der Waals surface area contributed by atoms with Gasteiger partial charge in [-0.2, -0.15) is 24.9 Å². The number of alkyl halides is 3. The molecule has 28 heavy (non-hydrogen) atoms. The molecule has 0 saturated heterocycles. The summed E-state index contributed by atoms with van der Waals surface area (Å²) in [5, 5.41) is 9.75. The molecule has 2 amide bonds. The largest absolute Gasteiger partial charge is 0.496 e. The number of rotatable bonds is 8. The van der Waals surface area contributed by atoms with E-state index in [9.17, 15) is 22.8 Å². The first-order chi connectivity index (χ1) is 13.3. The van der Waals surface area contributed by atoms with Gasteiger partial charge in [-0.15, -0.1) is 10.2 Å². The Labute approximate surface area is 167 Å². The van der Waals surface area contributed by atoms with Crippen molar-refractivity contribution in [2.24, 2.45) is 0 Å². The molecule has 7 nitrogen and oxygen atoms in total. The Morgan fingerprint density at radius 1 is 1.29 bits per heavy atom. The van der Waals surface area contributed by atoms with E-state index in [4.69, 9.17) is 4.74 Å². The number of hydrogen-bond acceptors (Lipinski definition) is 7. The fraction of sp³-hybridized carbons (Fsp3) is 0.375. The highest BCUT2D eigenvalue weighted by molar-refractivity contribution is 7.98. The molecular formula is C16H17F3N4O3S2. The van der Waals surface area contributed by atoms with E-state index < -0.39 is 29.0 Å². The van der Waals surface area contributed by atoms with Gasteiger partial charge < -0.3 is 10.1 Å². The third kappa shape index (κ3) is 5.83. The lowest BCUT2D eigenvalue weighted by Crippen LogP contribution is -2.44. The fourth-order valence-corrected chi connectivity index (χ4v) is 3.24. The predicted molar refractivity (Wildman–Crippen MR) is 101 cm³/mol. The van der Waals surface area contributed by atoms with E-state index in [1.807, 2.05) is 6.26 Å². The van der Waals surface area contributed by atoms with E-state index in [2.05, 4.69) is 20.8 Å². The smallest absolute Gasteiger partial charge is 0.445 e. The number of hydrogen-bond donors (Lipinski definition) is 2. The molecule has 2 aromatic rings. The molecule has 0 fully saturated rings. The molecule has 2 rings (SSSR count). The summed E-state index contributed by atoms with van der Waals surface area (Å²) in [6, 6.07) is 5.52. The molecule has 1 aromatic heterocycles. The highest BCUT2D eigenvalue weighted by Gasteiger charge is 2.36. The zero-order chi connectivity index (χ0) is 20.7. The summed E-state index contributed by atoms with van der Waals surface area (Å²) < 4.78 is 43.0. The first kappa shape index (κ1) is 22.0. The Bertz CT molecular complexity index is 829. The minimum Gasteiger partial charge on any atom is -0.496 e. The van der Waals surface area contributed by atoms with Gasteiger partial charge in [0.25, 0.3) is 5.91 Å². The molecule has 0 bridgehead atoms. The molecule has 0 saturated carbocycles. The first-order valence-electron chi connectivity index (χ1n) is 7.90. The second kappa shape index (κ2) is 9.73. The Balaban J connectivity index is 2.12. The number of anilines is 1. The van der Waals surface area contributed by atoms with E-state index in [0.29, 0.717) is 11.5 Å². The van der Waals surface area contributed by atoms with E-state index in [0.717, 1.165) is 0 Å². The Morgan fingerprint density at radius 2 is 2.00 bits per heavy atom. The van der Waals surface area contributed by atoms with Gasteiger partial charge in [-0.3, -0.25) is 14.9 Å². The van der Waals surface area contributed by atoms with Crippen LogP contribution in [0.2, 0.25) is 0 Å². The van der Waals surface area contributed by atoms with Gasteiger partial charge >= 0.3 is 6.18 Å². The second-order valence-electron chi connectivity index (χ2n) is 5.41. The number of amides is 2. The molecular weight excluding hydrogens is 417 g/mol. The Morgan fingerprint density at radius 3 is 2.61 bits per heavy atom. The maximum atomic E-state index is 12.6. The summed E-state index contributed by atoms with van der Waals surface area (Å²) in [6.45, 7) is 0. The van der Waals surface area contributed by atoms with Crippen LogP contribution in [0, 0.1) is 0 Å². The summed E-state index contributed by atoms with van der Waals surface area (Å²) in [5.74, 6) is -0.328. The number of nitrogens with zero attached hydrogens (tertiary/aromatic N) is 2. The van der Waals surface area contributed by atoms with E-state index in [1.54, 1.807) is 18.2 Å². The SMILES string of the molecule is COc1ccccc1C(=O)N[C@H](CCSC)C(=O)Nc1nnc(C(F)(F)F)s1. The molecule has 12 heteroatoms. The number of para-hydroxylation sites is 1. The number of halogens is 3. The average Bonchev–Trinajstić information content (AvgIpc) is 3.13. The van der Waals surface area contributed by atoms with Gasteiger partial charge in [0.1, 0.15) is 11.8 Å². The minimum absolute atomic E-state index is 0.214. The third-order valence-corrected chi connectivity index (χ3v) is 5.01. The number of carbonyl (C=O) groups is 2. The zero-order valence-electron chi connectivity index (χ0n) is 14.9. The van der Waals surface area contributed by atoms with Crippen molar-refractivity contribution in [3.8, 4) is 5.75 Å². The van der Waals surface area contributed by atoms with Crippen LogP contribution in [0.4, 0.5) is 18.3 Å². The number of carbonyl (C=O) groups excluding carboxylic acids is 2. The zero-order valence-corrected chi connectivity index (χ0v) is 16.5.